The molecule has 1 atom stereocenters. The van der Waals surface area contributed by atoms with Crippen LogP contribution < -0.4 is 10.6 Å². The lowest BCUT2D eigenvalue weighted by Crippen LogP contribution is -2.24. The van der Waals surface area contributed by atoms with Gasteiger partial charge in [-0.15, -0.1) is 0 Å². The predicted octanol–water partition coefficient (Wildman–Crippen LogP) is 7.04. The van der Waals surface area contributed by atoms with Gasteiger partial charge in [-0.2, -0.15) is 0 Å². The van der Waals surface area contributed by atoms with Crippen molar-refractivity contribution in [1.29, 1.82) is 0 Å². The van der Waals surface area contributed by atoms with Crippen LogP contribution in [-0.2, 0) is 11.3 Å². The van der Waals surface area contributed by atoms with Crippen LogP contribution in [0.4, 0.5) is 5.69 Å². The Labute approximate surface area is 205 Å². The summed E-state index contributed by atoms with van der Waals surface area (Å²) < 4.78 is 6.24. The Morgan fingerprint density at radius 3 is 2.38 bits per heavy atom. The van der Waals surface area contributed by atoms with E-state index in [-0.39, 0.29) is 17.9 Å². The second-order valence-corrected chi connectivity index (χ2v) is 8.97. The van der Waals surface area contributed by atoms with Crippen LogP contribution in [-0.4, -0.2) is 24.5 Å². The normalized spacial score (nSPS) is 11.8. The van der Waals surface area contributed by atoms with Crippen LogP contribution in [0.2, 0.25) is 0 Å². The third-order valence-corrected chi connectivity index (χ3v) is 6.04. The predicted molar refractivity (Wildman–Crippen MR) is 140 cm³/mol. The third-order valence-electron chi connectivity index (χ3n) is 6.04. The average Bonchev–Trinajstić information content (AvgIpc) is 2.84. The van der Waals surface area contributed by atoms with Crippen LogP contribution in [0.25, 0.3) is 0 Å². The van der Waals surface area contributed by atoms with Crippen molar-refractivity contribution in [3.63, 3.8) is 0 Å². The van der Waals surface area contributed by atoms with Crippen LogP contribution in [0.1, 0.15) is 104 Å². The molecule has 0 aromatic heterocycles. The maximum absolute atomic E-state index is 13.2. The lowest BCUT2D eigenvalue weighted by molar-refractivity contribution is 0.0270. The number of nitrogens with one attached hydrogen (secondary N) is 2. The molecule has 0 heterocycles. The number of carbonyl (C=O) groups excluding carboxylic acids is 2. The molecule has 0 saturated heterocycles. The summed E-state index contributed by atoms with van der Waals surface area (Å²) in [4.78, 5) is 25.6. The SMILES string of the molecule is CCCCCC(CCC)OCc1ccccc1C(=O)Nc1cc(C(=O)NCCCC)ccc1C. The molecule has 2 N–H and O–H groups in total. The van der Waals surface area contributed by atoms with Gasteiger partial charge in [0.1, 0.15) is 0 Å². The summed E-state index contributed by atoms with van der Waals surface area (Å²) in [6.45, 7) is 9.47. The molecule has 1 unspecified atom stereocenters. The van der Waals surface area contributed by atoms with Crippen molar-refractivity contribution in [3.05, 3.63) is 64.7 Å². The molecular formula is C29H42N2O3. The molecule has 34 heavy (non-hydrogen) atoms. The molecule has 0 fully saturated rings. The maximum Gasteiger partial charge on any atom is 0.256 e. The fourth-order valence-electron chi connectivity index (χ4n) is 3.90. The number of rotatable bonds is 15. The average molecular weight is 467 g/mol. The zero-order chi connectivity index (χ0) is 24.8. The van der Waals surface area contributed by atoms with Crippen molar-refractivity contribution in [2.45, 2.75) is 91.8 Å². The minimum atomic E-state index is -0.191. The summed E-state index contributed by atoms with van der Waals surface area (Å²) in [6.07, 6.45) is 8.95. The Bertz CT molecular complexity index is 910. The van der Waals surface area contributed by atoms with Gasteiger partial charge in [-0.3, -0.25) is 9.59 Å². The van der Waals surface area contributed by atoms with Gasteiger partial charge in [0.25, 0.3) is 11.8 Å². The molecule has 2 amide bonds. The van der Waals surface area contributed by atoms with Crippen molar-refractivity contribution >= 4 is 17.5 Å². The second-order valence-electron chi connectivity index (χ2n) is 8.97. The molecule has 0 saturated carbocycles. The zero-order valence-electron chi connectivity index (χ0n) is 21.4. The number of unbranched alkanes of at least 4 members (excludes halogenated alkanes) is 3. The van der Waals surface area contributed by atoms with Crippen molar-refractivity contribution in [1.82, 2.24) is 5.32 Å². The van der Waals surface area contributed by atoms with Gasteiger partial charge in [-0.25, -0.2) is 0 Å². The van der Waals surface area contributed by atoms with E-state index < -0.39 is 0 Å². The summed E-state index contributed by atoms with van der Waals surface area (Å²) in [5.74, 6) is -0.313. The van der Waals surface area contributed by atoms with Crippen LogP contribution in [0.15, 0.2) is 42.5 Å². The first kappa shape index (κ1) is 27.6. The number of aryl methyl sites for hydroxylation is 1. The Kier molecular flexibility index (Phi) is 12.4. The molecule has 0 aliphatic heterocycles. The first-order valence-electron chi connectivity index (χ1n) is 12.9. The van der Waals surface area contributed by atoms with Crippen LogP contribution in [0.3, 0.4) is 0 Å². The van der Waals surface area contributed by atoms with Gasteiger partial charge < -0.3 is 15.4 Å². The van der Waals surface area contributed by atoms with Gasteiger partial charge in [0, 0.05) is 23.4 Å². The molecule has 0 spiro atoms. The van der Waals surface area contributed by atoms with Gasteiger partial charge >= 0.3 is 0 Å². The zero-order valence-corrected chi connectivity index (χ0v) is 21.4. The molecule has 0 aliphatic rings. The van der Waals surface area contributed by atoms with Crippen molar-refractivity contribution < 1.29 is 14.3 Å². The number of anilines is 1. The standard InChI is InChI=1S/C29H42N2O3/c1-5-8-10-15-25(13-7-3)34-21-24-14-11-12-16-26(24)29(33)31-27-20-23(18-17-22(27)4)28(32)30-19-9-6-2/h11-12,14,16-18,20,25H,5-10,13,15,19,21H2,1-4H3,(H,30,32)(H,31,33). The number of amides is 2. The highest BCUT2D eigenvalue weighted by Crippen LogP contribution is 2.21. The minimum absolute atomic E-state index is 0.122. The van der Waals surface area contributed by atoms with E-state index >= 15 is 0 Å². The van der Waals surface area contributed by atoms with E-state index in [9.17, 15) is 9.59 Å². The third kappa shape index (κ3) is 8.94. The molecule has 5 heteroatoms. The van der Waals surface area contributed by atoms with Crippen LogP contribution in [0.5, 0.6) is 0 Å². The highest BCUT2D eigenvalue weighted by molar-refractivity contribution is 6.06. The lowest BCUT2D eigenvalue weighted by Gasteiger charge is -2.19. The molecule has 0 radical (unpaired) electrons. The molecule has 2 aromatic rings. The van der Waals surface area contributed by atoms with E-state index in [0.717, 1.165) is 43.2 Å². The van der Waals surface area contributed by atoms with E-state index in [1.807, 2.05) is 37.3 Å². The number of hydrogen-bond acceptors (Lipinski definition) is 3. The number of carbonyl (C=O) groups is 2. The first-order chi connectivity index (χ1) is 16.5. The quantitative estimate of drug-likeness (QED) is 0.277. The van der Waals surface area contributed by atoms with Gasteiger partial charge in [0.05, 0.1) is 12.7 Å². The first-order valence-corrected chi connectivity index (χ1v) is 12.9. The smallest absolute Gasteiger partial charge is 0.256 e. The summed E-state index contributed by atoms with van der Waals surface area (Å²) >= 11 is 0. The van der Waals surface area contributed by atoms with E-state index in [1.54, 1.807) is 12.1 Å². The molecule has 5 nitrogen and oxygen atoms in total. The molecule has 0 aliphatic carbocycles. The molecular weight excluding hydrogens is 424 g/mol. The Hall–Kier alpha value is -2.66. The monoisotopic (exact) mass is 466 g/mol. The van der Waals surface area contributed by atoms with Crippen molar-refractivity contribution in [2.75, 3.05) is 11.9 Å². The molecule has 0 bridgehead atoms. The Morgan fingerprint density at radius 1 is 0.882 bits per heavy atom. The number of ether oxygens (including phenoxy) is 1. The van der Waals surface area contributed by atoms with E-state index in [1.165, 1.54) is 19.3 Å². The van der Waals surface area contributed by atoms with Gasteiger partial charge in [-0.1, -0.05) is 77.1 Å². The topological polar surface area (TPSA) is 67.4 Å². The highest BCUT2D eigenvalue weighted by atomic mass is 16.5. The fourth-order valence-corrected chi connectivity index (χ4v) is 3.90. The van der Waals surface area contributed by atoms with E-state index in [4.69, 9.17) is 4.74 Å². The van der Waals surface area contributed by atoms with Gasteiger partial charge in [0.2, 0.25) is 0 Å². The maximum atomic E-state index is 13.2. The number of hydrogen-bond donors (Lipinski definition) is 2. The van der Waals surface area contributed by atoms with Crippen LogP contribution in [0, 0.1) is 6.92 Å². The van der Waals surface area contributed by atoms with Crippen molar-refractivity contribution in [3.8, 4) is 0 Å². The van der Waals surface area contributed by atoms with Gasteiger partial charge in [-0.05, 0) is 55.5 Å². The summed E-state index contributed by atoms with van der Waals surface area (Å²) in [5, 5.41) is 5.94. The number of benzene rings is 2. The largest absolute Gasteiger partial charge is 0.374 e. The van der Waals surface area contributed by atoms with E-state index in [0.29, 0.717) is 30.0 Å². The van der Waals surface area contributed by atoms with E-state index in [2.05, 4.69) is 31.4 Å². The Balaban J connectivity index is 2.09. The lowest BCUT2D eigenvalue weighted by atomic mass is 10.0. The minimum Gasteiger partial charge on any atom is -0.374 e. The molecule has 186 valence electrons. The van der Waals surface area contributed by atoms with Gasteiger partial charge in [0.15, 0.2) is 0 Å². The molecule has 2 aromatic carbocycles. The fraction of sp³-hybridized carbons (Fsp3) is 0.517. The molecule has 2 rings (SSSR count). The summed E-state index contributed by atoms with van der Waals surface area (Å²) in [5.41, 5.74) is 3.58. The highest BCUT2D eigenvalue weighted by Gasteiger charge is 2.16. The summed E-state index contributed by atoms with van der Waals surface area (Å²) in [6, 6.07) is 13.0. The summed E-state index contributed by atoms with van der Waals surface area (Å²) in [7, 11) is 0. The Morgan fingerprint density at radius 2 is 1.65 bits per heavy atom. The second kappa shape index (κ2) is 15.3. The van der Waals surface area contributed by atoms with Crippen molar-refractivity contribution in [2.24, 2.45) is 0 Å². The van der Waals surface area contributed by atoms with Crippen LogP contribution >= 0.6 is 0 Å².